The zero-order valence-corrected chi connectivity index (χ0v) is 31.7. The lowest BCUT2D eigenvalue weighted by molar-refractivity contribution is 0.0777. The van der Waals surface area contributed by atoms with Crippen molar-refractivity contribution in [3.63, 3.8) is 0 Å². The number of likely N-dealkylation sites (tertiary alicyclic amines) is 1. The van der Waals surface area contributed by atoms with Gasteiger partial charge in [-0.3, -0.25) is 9.52 Å². The molecule has 0 aliphatic carbocycles. The number of sulfonamides is 1. The number of halogens is 2. The minimum atomic E-state index is -3.53. The summed E-state index contributed by atoms with van der Waals surface area (Å²) in [6.45, 7) is 9.50. The number of para-hydroxylation sites is 2. The van der Waals surface area contributed by atoms with Gasteiger partial charge in [0.25, 0.3) is 5.91 Å². The van der Waals surface area contributed by atoms with Crippen LogP contribution in [0.15, 0.2) is 60.7 Å². The van der Waals surface area contributed by atoms with Crippen LogP contribution in [-0.2, 0) is 26.7 Å². The molecule has 2 aliphatic rings. The van der Waals surface area contributed by atoms with E-state index in [-0.39, 0.29) is 11.3 Å². The van der Waals surface area contributed by atoms with E-state index in [4.69, 9.17) is 37.7 Å². The quantitative estimate of drug-likeness (QED) is 0.162. The summed E-state index contributed by atoms with van der Waals surface area (Å²) in [6.07, 6.45) is 3.63. The summed E-state index contributed by atoms with van der Waals surface area (Å²) in [4.78, 5) is 25.9. The molecule has 3 aromatic carbocycles. The van der Waals surface area contributed by atoms with Gasteiger partial charge < -0.3 is 28.7 Å². The van der Waals surface area contributed by atoms with Crippen LogP contribution in [0.4, 0.5) is 11.6 Å². The van der Waals surface area contributed by atoms with E-state index in [9.17, 15) is 13.2 Å². The molecule has 0 saturated carbocycles. The number of imidazole rings is 1. The van der Waals surface area contributed by atoms with Gasteiger partial charge in [-0.25, -0.2) is 13.4 Å². The number of benzene rings is 3. The Labute approximate surface area is 310 Å². The molecular weight excluding hydrogens is 711 g/mol. The van der Waals surface area contributed by atoms with Crippen molar-refractivity contribution in [2.45, 2.75) is 38.1 Å². The Morgan fingerprint density at radius 1 is 0.980 bits per heavy atom. The molecule has 1 unspecified atom stereocenters. The second kappa shape index (κ2) is 16.0. The van der Waals surface area contributed by atoms with Crippen molar-refractivity contribution in [3.05, 3.63) is 81.8 Å². The number of amides is 1. The molecule has 0 radical (unpaired) electrons. The molecule has 2 aliphatic heterocycles. The minimum Gasteiger partial charge on any atom is -0.496 e. The third-order valence-electron chi connectivity index (χ3n) is 9.98. The van der Waals surface area contributed by atoms with E-state index in [0.29, 0.717) is 53.3 Å². The molecule has 2 fully saturated rings. The zero-order chi connectivity index (χ0) is 36.2. The molecule has 274 valence electrons. The summed E-state index contributed by atoms with van der Waals surface area (Å²) in [5.74, 6) is 1.15. The van der Waals surface area contributed by atoms with Crippen molar-refractivity contribution in [1.82, 2.24) is 19.4 Å². The van der Waals surface area contributed by atoms with Gasteiger partial charge in [0.15, 0.2) is 0 Å². The van der Waals surface area contributed by atoms with Gasteiger partial charge in [-0.15, -0.1) is 0 Å². The first-order valence-corrected chi connectivity index (χ1v) is 20.1. The highest BCUT2D eigenvalue weighted by molar-refractivity contribution is 7.92. The summed E-state index contributed by atoms with van der Waals surface area (Å²) in [7, 11) is -2.03. The summed E-state index contributed by atoms with van der Waals surface area (Å²) in [5.41, 5.74) is 3.40. The normalized spacial score (nSPS) is 18.7. The first-order valence-electron chi connectivity index (χ1n) is 17.4. The minimum absolute atomic E-state index is 0.219. The first-order chi connectivity index (χ1) is 24.5. The third-order valence-corrected chi connectivity index (χ3v) is 11.3. The number of carbonyl (C=O) groups is 1. The van der Waals surface area contributed by atoms with Gasteiger partial charge in [0.05, 0.1) is 46.6 Å². The van der Waals surface area contributed by atoms with Crippen molar-refractivity contribution in [1.29, 1.82) is 0 Å². The monoisotopic (exact) mass is 756 g/mol. The zero-order valence-electron chi connectivity index (χ0n) is 29.4. The summed E-state index contributed by atoms with van der Waals surface area (Å²) in [5, 5.41) is 0.971. The molecule has 1 N–H and O–H groups in total. The molecule has 0 spiro atoms. The number of rotatable bonds is 13. The highest BCUT2D eigenvalue weighted by Crippen LogP contribution is 2.41. The van der Waals surface area contributed by atoms with Gasteiger partial charge in [0, 0.05) is 57.0 Å². The Hall–Kier alpha value is -3.55. The first kappa shape index (κ1) is 37.2. The highest BCUT2D eigenvalue weighted by Gasteiger charge is 2.42. The van der Waals surface area contributed by atoms with E-state index in [1.807, 2.05) is 36.1 Å². The second-order valence-corrected chi connectivity index (χ2v) is 15.9. The molecule has 3 heterocycles. The molecule has 1 amide bonds. The van der Waals surface area contributed by atoms with E-state index < -0.39 is 10.0 Å². The summed E-state index contributed by atoms with van der Waals surface area (Å²) >= 11 is 12.9. The van der Waals surface area contributed by atoms with E-state index in [2.05, 4.69) is 37.3 Å². The van der Waals surface area contributed by atoms with Gasteiger partial charge >= 0.3 is 0 Å². The van der Waals surface area contributed by atoms with Crippen LogP contribution in [-0.4, -0.2) is 106 Å². The maximum atomic E-state index is 14.1. The van der Waals surface area contributed by atoms with Crippen LogP contribution in [0, 0.1) is 0 Å². The highest BCUT2D eigenvalue weighted by atomic mass is 35.5. The maximum Gasteiger partial charge on any atom is 0.257 e. The van der Waals surface area contributed by atoms with E-state index >= 15 is 0 Å². The number of aromatic nitrogens is 2. The number of fused-ring (bicyclic) bond motifs is 1. The molecular formula is C37H46Cl2N6O5S. The number of methoxy groups -OCH3 is 1. The van der Waals surface area contributed by atoms with Gasteiger partial charge in [0.2, 0.25) is 16.0 Å². The van der Waals surface area contributed by atoms with Crippen LogP contribution < -0.4 is 14.4 Å². The number of ether oxygens (including phenoxy) is 2. The Bertz CT molecular complexity index is 1970. The number of nitrogens with one attached hydrogen (secondary N) is 1. The van der Waals surface area contributed by atoms with Gasteiger partial charge in [-0.1, -0.05) is 41.4 Å². The molecule has 4 aromatic rings. The average Bonchev–Trinajstić information content (AvgIpc) is 3.63. The molecule has 0 bridgehead atoms. The third kappa shape index (κ3) is 8.58. The SMILES string of the molecule is CCOCCn1c(N2CCCN(CCC3(c4ccc(Cl)c(Cl)c4)CCN(C(=O)c4cc(NS(C)(=O)=O)ccc4OC)C3)CC2)nc2ccccc21. The largest absolute Gasteiger partial charge is 0.496 e. The summed E-state index contributed by atoms with van der Waals surface area (Å²) < 4.78 is 39.8. The van der Waals surface area contributed by atoms with E-state index in [1.54, 1.807) is 12.1 Å². The summed E-state index contributed by atoms with van der Waals surface area (Å²) in [6, 6.07) is 18.8. The number of anilines is 2. The smallest absolute Gasteiger partial charge is 0.257 e. The van der Waals surface area contributed by atoms with Crippen molar-refractivity contribution in [2.24, 2.45) is 0 Å². The van der Waals surface area contributed by atoms with Gasteiger partial charge in [-0.2, -0.15) is 0 Å². The molecule has 11 nitrogen and oxygen atoms in total. The van der Waals surface area contributed by atoms with Crippen molar-refractivity contribution >= 4 is 61.8 Å². The standard InChI is InChI=1S/C37H46Cl2N6O5S/c1-4-50-23-22-45-33-9-6-5-8-32(33)40-36(45)43-17-7-16-42(20-21-43)18-14-37(27-10-12-30(38)31(39)24-27)15-19-44(26-37)35(46)29-25-28(41-51(3,47)48)11-13-34(29)49-2/h5-6,8-13,24-25,41H,4,7,14-23,26H2,1-3H3. The predicted molar refractivity (Wildman–Crippen MR) is 204 cm³/mol. The molecule has 1 aromatic heterocycles. The number of carbonyl (C=O) groups excluding carboxylic acids is 1. The Morgan fingerprint density at radius 2 is 1.80 bits per heavy atom. The average molecular weight is 758 g/mol. The lowest BCUT2D eigenvalue weighted by Crippen LogP contribution is -2.39. The van der Waals surface area contributed by atoms with E-state index in [0.717, 1.165) is 87.3 Å². The second-order valence-electron chi connectivity index (χ2n) is 13.4. The van der Waals surface area contributed by atoms with Crippen molar-refractivity contribution in [3.8, 4) is 5.75 Å². The lowest BCUT2D eigenvalue weighted by atomic mass is 9.76. The topological polar surface area (TPSA) is 109 Å². The van der Waals surface area contributed by atoms with Crippen molar-refractivity contribution in [2.75, 3.05) is 82.0 Å². The maximum absolute atomic E-state index is 14.1. The Kier molecular flexibility index (Phi) is 11.7. The van der Waals surface area contributed by atoms with Gasteiger partial charge in [0.1, 0.15) is 5.75 Å². The number of hydrogen-bond donors (Lipinski definition) is 1. The fourth-order valence-electron chi connectivity index (χ4n) is 7.37. The van der Waals surface area contributed by atoms with E-state index in [1.165, 1.54) is 13.2 Å². The van der Waals surface area contributed by atoms with Crippen LogP contribution in [0.3, 0.4) is 0 Å². The molecule has 6 rings (SSSR count). The Balaban J connectivity index is 1.20. The fourth-order valence-corrected chi connectivity index (χ4v) is 8.22. The van der Waals surface area contributed by atoms with Crippen LogP contribution >= 0.6 is 23.2 Å². The fraction of sp³-hybridized carbons (Fsp3) is 0.459. The van der Waals surface area contributed by atoms with Gasteiger partial charge in [-0.05, 0) is 87.3 Å². The van der Waals surface area contributed by atoms with Crippen LogP contribution in [0.25, 0.3) is 11.0 Å². The molecule has 51 heavy (non-hydrogen) atoms. The number of nitrogens with zero attached hydrogens (tertiary/aromatic N) is 5. The van der Waals surface area contributed by atoms with Crippen LogP contribution in [0.1, 0.15) is 42.1 Å². The predicted octanol–water partition coefficient (Wildman–Crippen LogP) is 6.15. The van der Waals surface area contributed by atoms with Crippen LogP contribution in [0.5, 0.6) is 5.75 Å². The van der Waals surface area contributed by atoms with Crippen LogP contribution in [0.2, 0.25) is 10.0 Å². The molecule has 2 saturated heterocycles. The molecule has 1 atom stereocenters. The van der Waals surface area contributed by atoms with Crippen molar-refractivity contribution < 1.29 is 22.7 Å². The Morgan fingerprint density at radius 3 is 2.57 bits per heavy atom. The molecule has 14 heteroatoms. The number of hydrogen-bond acceptors (Lipinski definition) is 8. The lowest BCUT2D eigenvalue weighted by Gasteiger charge is -2.33.